The Hall–Kier alpha value is -2.09. The van der Waals surface area contributed by atoms with E-state index < -0.39 is 0 Å². The molecule has 0 atom stereocenters. The Balaban J connectivity index is 2.56. The fourth-order valence-electron chi connectivity index (χ4n) is 1.13. The van der Waals surface area contributed by atoms with Crippen LogP contribution in [0.25, 0.3) is 0 Å². The van der Waals surface area contributed by atoms with Crippen molar-refractivity contribution in [1.82, 2.24) is 0 Å². The minimum absolute atomic E-state index is 0.212. The number of esters is 1. The van der Waals surface area contributed by atoms with Gasteiger partial charge in [0, 0.05) is 0 Å². The third-order valence-corrected chi connectivity index (χ3v) is 1.97. The lowest BCUT2D eigenvalue weighted by atomic mass is 10.2. The van der Waals surface area contributed by atoms with Crippen molar-refractivity contribution < 1.29 is 9.53 Å². The molecule has 2 heteroatoms. The molecule has 1 rings (SSSR count). The SMILES string of the molecule is C=C/C=C(\C=C)COC(=O)c1ccccc1. The smallest absolute Gasteiger partial charge is 0.338 e. The molecule has 16 heavy (non-hydrogen) atoms. The maximum atomic E-state index is 11.6. The maximum Gasteiger partial charge on any atom is 0.338 e. The molecule has 0 unspecified atom stereocenters. The monoisotopic (exact) mass is 214 g/mol. The number of rotatable bonds is 5. The molecule has 1 aromatic rings. The van der Waals surface area contributed by atoms with Crippen molar-refractivity contribution >= 4 is 5.97 Å². The average Bonchev–Trinajstić information content (AvgIpc) is 2.35. The van der Waals surface area contributed by atoms with Crippen LogP contribution < -0.4 is 0 Å². The van der Waals surface area contributed by atoms with Crippen molar-refractivity contribution in [2.75, 3.05) is 6.61 Å². The minimum atomic E-state index is -0.336. The van der Waals surface area contributed by atoms with Crippen LogP contribution in [0.1, 0.15) is 10.4 Å². The van der Waals surface area contributed by atoms with E-state index in [0.717, 1.165) is 5.57 Å². The molecule has 0 aromatic heterocycles. The first kappa shape index (κ1) is 12.0. The number of allylic oxidation sites excluding steroid dienone is 2. The van der Waals surface area contributed by atoms with E-state index in [-0.39, 0.29) is 12.6 Å². The Labute approximate surface area is 95.6 Å². The molecule has 0 fully saturated rings. The van der Waals surface area contributed by atoms with E-state index in [9.17, 15) is 4.79 Å². The molecule has 0 spiro atoms. The number of carbonyl (C=O) groups excluding carboxylic acids is 1. The fraction of sp³-hybridized carbons (Fsp3) is 0.0714. The molecular formula is C14H14O2. The predicted octanol–water partition coefficient (Wildman–Crippen LogP) is 3.14. The molecule has 0 amide bonds. The molecule has 0 bridgehead atoms. The van der Waals surface area contributed by atoms with E-state index in [4.69, 9.17) is 4.74 Å². The summed E-state index contributed by atoms with van der Waals surface area (Å²) >= 11 is 0. The lowest BCUT2D eigenvalue weighted by Crippen LogP contribution is -2.07. The lowest BCUT2D eigenvalue weighted by Gasteiger charge is -2.04. The number of ether oxygens (including phenoxy) is 1. The van der Waals surface area contributed by atoms with Gasteiger partial charge in [-0.25, -0.2) is 4.79 Å². The number of hydrogen-bond donors (Lipinski definition) is 0. The number of carbonyl (C=O) groups is 1. The zero-order valence-corrected chi connectivity index (χ0v) is 9.06. The Bertz CT molecular complexity index is 402. The molecule has 0 saturated carbocycles. The van der Waals surface area contributed by atoms with Gasteiger partial charge in [-0.1, -0.05) is 49.6 Å². The first-order valence-electron chi connectivity index (χ1n) is 4.94. The van der Waals surface area contributed by atoms with Crippen molar-refractivity contribution in [2.45, 2.75) is 0 Å². The Morgan fingerprint density at radius 1 is 1.25 bits per heavy atom. The van der Waals surface area contributed by atoms with Gasteiger partial charge in [-0.15, -0.1) is 0 Å². The highest BCUT2D eigenvalue weighted by Gasteiger charge is 2.05. The van der Waals surface area contributed by atoms with Crippen molar-refractivity contribution in [3.63, 3.8) is 0 Å². The van der Waals surface area contributed by atoms with Crippen LogP contribution in [-0.2, 0) is 4.74 Å². The molecule has 0 aliphatic carbocycles. The van der Waals surface area contributed by atoms with E-state index in [0.29, 0.717) is 5.56 Å². The van der Waals surface area contributed by atoms with Gasteiger partial charge in [0.25, 0.3) is 0 Å². The van der Waals surface area contributed by atoms with Crippen LogP contribution >= 0.6 is 0 Å². The van der Waals surface area contributed by atoms with Crippen LogP contribution in [0, 0.1) is 0 Å². The van der Waals surface area contributed by atoms with Gasteiger partial charge < -0.3 is 4.74 Å². The summed E-state index contributed by atoms with van der Waals surface area (Å²) in [5, 5.41) is 0. The lowest BCUT2D eigenvalue weighted by molar-refractivity contribution is 0.0543. The quantitative estimate of drug-likeness (QED) is 0.556. The van der Waals surface area contributed by atoms with Crippen LogP contribution in [0.2, 0.25) is 0 Å². The van der Waals surface area contributed by atoms with Crippen LogP contribution in [0.3, 0.4) is 0 Å². The van der Waals surface area contributed by atoms with Gasteiger partial charge in [-0.2, -0.15) is 0 Å². The Morgan fingerprint density at radius 2 is 1.94 bits per heavy atom. The summed E-state index contributed by atoms with van der Waals surface area (Å²) in [5.41, 5.74) is 1.36. The van der Waals surface area contributed by atoms with Crippen LogP contribution in [0.15, 0.2) is 67.3 Å². The number of hydrogen-bond acceptors (Lipinski definition) is 2. The molecule has 82 valence electrons. The summed E-state index contributed by atoms with van der Waals surface area (Å²) in [5.74, 6) is -0.336. The topological polar surface area (TPSA) is 26.3 Å². The molecule has 0 aliphatic rings. The second-order valence-corrected chi connectivity index (χ2v) is 3.12. The maximum absolute atomic E-state index is 11.6. The Morgan fingerprint density at radius 3 is 2.50 bits per heavy atom. The highest BCUT2D eigenvalue weighted by Crippen LogP contribution is 2.04. The van der Waals surface area contributed by atoms with E-state index in [1.807, 2.05) is 6.07 Å². The van der Waals surface area contributed by atoms with Crippen LogP contribution in [0.4, 0.5) is 0 Å². The zero-order valence-electron chi connectivity index (χ0n) is 9.06. The second kappa shape index (κ2) is 6.40. The van der Waals surface area contributed by atoms with Crippen molar-refractivity contribution in [1.29, 1.82) is 0 Å². The summed E-state index contributed by atoms with van der Waals surface area (Å²) < 4.78 is 5.11. The predicted molar refractivity (Wildman–Crippen MR) is 65.2 cm³/mol. The van der Waals surface area contributed by atoms with E-state index >= 15 is 0 Å². The molecule has 0 heterocycles. The van der Waals surface area contributed by atoms with E-state index in [2.05, 4.69) is 13.2 Å². The first-order chi connectivity index (χ1) is 7.77. The number of benzene rings is 1. The molecule has 0 N–H and O–H groups in total. The van der Waals surface area contributed by atoms with Crippen LogP contribution in [0.5, 0.6) is 0 Å². The molecule has 2 nitrogen and oxygen atoms in total. The largest absolute Gasteiger partial charge is 0.457 e. The summed E-state index contributed by atoms with van der Waals surface area (Å²) in [7, 11) is 0. The van der Waals surface area contributed by atoms with Gasteiger partial charge >= 0.3 is 5.97 Å². The van der Waals surface area contributed by atoms with Crippen molar-refractivity contribution in [3.8, 4) is 0 Å². The molecule has 0 radical (unpaired) electrons. The normalized spacial score (nSPS) is 10.6. The minimum Gasteiger partial charge on any atom is -0.457 e. The molecular weight excluding hydrogens is 200 g/mol. The van der Waals surface area contributed by atoms with Gasteiger partial charge in [0.2, 0.25) is 0 Å². The standard InChI is InChI=1S/C14H14O2/c1-3-8-12(4-2)11-16-14(15)13-9-6-5-7-10-13/h3-10H,1-2,11H2/b12-8+. The summed E-state index contributed by atoms with van der Waals surface area (Å²) in [4.78, 5) is 11.6. The molecule has 0 aliphatic heterocycles. The summed E-state index contributed by atoms with van der Waals surface area (Å²) in [6.07, 6.45) is 5.03. The average molecular weight is 214 g/mol. The van der Waals surface area contributed by atoms with Crippen LogP contribution in [-0.4, -0.2) is 12.6 Å². The van der Waals surface area contributed by atoms with Gasteiger partial charge in [0.05, 0.1) is 5.56 Å². The summed E-state index contributed by atoms with van der Waals surface area (Å²) in [6.45, 7) is 7.40. The van der Waals surface area contributed by atoms with E-state index in [1.54, 1.807) is 42.5 Å². The van der Waals surface area contributed by atoms with Gasteiger partial charge in [0.15, 0.2) is 0 Å². The molecule has 0 saturated heterocycles. The summed E-state index contributed by atoms with van der Waals surface area (Å²) in [6, 6.07) is 8.87. The zero-order chi connectivity index (χ0) is 11.8. The van der Waals surface area contributed by atoms with E-state index in [1.165, 1.54) is 0 Å². The van der Waals surface area contributed by atoms with Gasteiger partial charge in [-0.05, 0) is 17.7 Å². The van der Waals surface area contributed by atoms with Gasteiger partial charge in [-0.3, -0.25) is 0 Å². The highest BCUT2D eigenvalue weighted by molar-refractivity contribution is 5.89. The van der Waals surface area contributed by atoms with Crippen molar-refractivity contribution in [2.24, 2.45) is 0 Å². The second-order valence-electron chi connectivity index (χ2n) is 3.12. The fourth-order valence-corrected chi connectivity index (χ4v) is 1.13. The first-order valence-corrected chi connectivity index (χ1v) is 4.94. The Kier molecular flexibility index (Phi) is 4.80. The third kappa shape index (κ3) is 3.58. The third-order valence-electron chi connectivity index (χ3n) is 1.97. The molecule has 1 aromatic carbocycles. The van der Waals surface area contributed by atoms with Crippen molar-refractivity contribution in [3.05, 3.63) is 72.9 Å². The highest BCUT2D eigenvalue weighted by atomic mass is 16.5. The van der Waals surface area contributed by atoms with Gasteiger partial charge in [0.1, 0.15) is 6.61 Å².